The molecule has 1 unspecified atom stereocenters. The van der Waals surface area contributed by atoms with Crippen LogP contribution in [0.2, 0.25) is 0 Å². The lowest BCUT2D eigenvalue weighted by Gasteiger charge is -2.05. The van der Waals surface area contributed by atoms with Crippen molar-refractivity contribution in [1.29, 1.82) is 0 Å². The summed E-state index contributed by atoms with van der Waals surface area (Å²) in [6, 6.07) is 0. The Bertz CT molecular complexity index is 194. The van der Waals surface area contributed by atoms with Crippen molar-refractivity contribution >= 4 is 16.4 Å². The maximum atomic E-state index is 10.4. The Morgan fingerprint density at radius 2 is 2.10 bits per heavy atom. The van der Waals surface area contributed by atoms with E-state index in [9.17, 15) is 13.2 Å². The molecule has 0 bridgehead atoms. The summed E-state index contributed by atoms with van der Waals surface area (Å²) in [6.45, 7) is 1.52. The molecule has 0 aliphatic rings. The molecule has 0 aliphatic heterocycles. The van der Waals surface area contributed by atoms with E-state index >= 15 is 0 Å². The molecule has 10 heavy (non-hydrogen) atoms. The Morgan fingerprint density at radius 1 is 1.60 bits per heavy atom. The highest BCUT2D eigenvalue weighted by Gasteiger charge is 2.08. The quantitative estimate of drug-likeness (QED) is 0.433. The Balaban J connectivity index is 3.80. The van der Waals surface area contributed by atoms with E-state index in [-0.39, 0.29) is 6.42 Å². The van der Waals surface area contributed by atoms with E-state index < -0.39 is 16.2 Å². The Hall–Kier alpha value is -0.420. The predicted molar refractivity (Wildman–Crippen MR) is 36.1 cm³/mol. The molecule has 60 valence electrons. The summed E-state index contributed by atoms with van der Waals surface area (Å²) in [7, 11) is -3.40. The van der Waals surface area contributed by atoms with Gasteiger partial charge in [-0.15, -0.1) is 0 Å². The van der Waals surface area contributed by atoms with Crippen molar-refractivity contribution in [3.8, 4) is 0 Å². The van der Waals surface area contributed by atoms with E-state index in [1.807, 2.05) is 0 Å². The summed E-state index contributed by atoms with van der Waals surface area (Å²) < 4.78 is 25.2. The minimum Gasteiger partial charge on any atom is -0.303 e. The molecule has 0 aromatic rings. The largest absolute Gasteiger partial charge is 0.303 e. The molecule has 0 saturated carbocycles. The summed E-state index contributed by atoms with van der Waals surface area (Å²) >= 11 is 0. The molecule has 5 heteroatoms. The smallest absolute Gasteiger partial charge is 0.264 e. The highest BCUT2D eigenvalue weighted by Crippen LogP contribution is 1.98. The monoisotopic (exact) mass is 166 g/mol. The van der Waals surface area contributed by atoms with E-state index in [0.29, 0.717) is 6.29 Å². The van der Waals surface area contributed by atoms with E-state index in [1.54, 1.807) is 0 Å². The van der Waals surface area contributed by atoms with Gasteiger partial charge in [0.15, 0.2) is 0 Å². The van der Waals surface area contributed by atoms with Gasteiger partial charge in [-0.25, -0.2) is 0 Å². The van der Waals surface area contributed by atoms with Crippen LogP contribution in [-0.4, -0.2) is 27.1 Å². The summed E-state index contributed by atoms with van der Waals surface area (Å²) in [4.78, 5) is 9.83. The zero-order valence-electron chi connectivity index (χ0n) is 5.90. The standard InChI is InChI=1S/C5H10O4S/c1-5(3-4-6)9-10(2,7)8/h4-5H,3H2,1-2H3. The minimum atomic E-state index is -3.40. The summed E-state index contributed by atoms with van der Waals surface area (Å²) in [6.07, 6.45) is 1.13. The number of carbonyl (C=O) groups is 1. The number of hydrogen-bond acceptors (Lipinski definition) is 4. The van der Waals surface area contributed by atoms with Crippen molar-refractivity contribution in [2.24, 2.45) is 0 Å². The topological polar surface area (TPSA) is 60.4 Å². The molecule has 0 fully saturated rings. The predicted octanol–water partition coefficient (Wildman–Crippen LogP) is -0.0599. The van der Waals surface area contributed by atoms with Crippen molar-refractivity contribution in [2.75, 3.05) is 6.26 Å². The van der Waals surface area contributed by atoms with Gasteiger partial charge in [0.2, 0.25) is 0 Å². The van der Waals surface area contributed by atoms with Gasteiger partial charge in [-0.1, -0.05) is 0 Å². The molecule has 0 spiro atoms. The van der Waals surface area contributed by atoms with Crippen LogP contribution in [0.5, 0.6) is 0 Å². The normalized spacial score (nSPS) is 14.6. The van der Waals surface area contributed by atoms with Gasteiger partial charge >= 0.3 is 0 Å². The van der Waals surface area contributed by atoms with Crippen LogP contribution in [0.25, 0.3) is 0 Å². The van der Waals surface area contributed by atoms with E-state index in [4.69, 9.17) is 0 Å². The molecular formula is C5H10O4S. The fraction of sp³-hybridized carbons (Fsp3) is 0.800. The first kappa shape index (κ1) is 9.58. The van der Waals surface area contributed by atoms with Gasteiger partial charge in [0, 0.05) is 6.42 Å². The zero-order chi connectivity index (χ0) is 8.20. The second kappa shape index (κ2) is 3.68. The molecule has 0 aromatic heterocycles. The van der Waals surface area contributed by atoms with Gasteiger partial charge in [0.1, 0.15) is 6.29 Å². The molecule has 0 heterocycles. The SMILES string of the molecule is CC(CC=O)OS(C)(=O)=O. The van der Waals surface area contributed by atoms with Gasteiger partial charge in [-0.2, -0.15) is 8.42 Å². The number of rotatable bonds is 4. The Morgan fingerprint density at radius 3 is 2.40 bits per heavy atom. The van der Waals surface area contributed by atoms with Crippen LogP contribution in [0, 0.1) is 0 Å². The van der Waals surface area contributed by atoms with Crippen LogP contribution in [-0.2, 0) is 19.1 Å². The third kappa shape index (κ3) is 5.71. The molecule has 0 saturated heterocycles. The van der Waals surface area contributed by atoms with Crippen molar-refractivity contribution < 1.29 is 17.4 Å². The zero-order valence-corrected chi connectivity index (χ0v) is 6.72. The van der Waals surface area contributed by atoms with Crippen molar-refractivity contribution in [3.63, 3.8) is 0 Å². The molecule has 4 nitrogen and oxygen atoms in total. The summed E-state index contributed by atoms with van der Waals surface area (Å²) in [5.74, 6) is 0. The van der Waals surface area contributed by atoms with Crippen molar-refractivity contribution in [1.82, 2.24) is 0 Å². The van der Waals surface area contributed by atoms with Crippen molar-refractivity contribution in [3.05, 3.63) is 0 Å². The van der Waals surface area contributed by atoms with Gasteiger partial charge in [-0.3, -0.25) is 4.18 Å². The molecule has 1 atom stereocenters. The van der Waals surface area contributed by atoms with Crippen LogP contribution in [0.3, 0.4) is 0 Å². The fourth-order valence-corrected chi connectivity index (χ4v) is 1.15. The molecule has 0 radical (unpaired) electrons. The Kier molecular flexibility index (Phi) is 3.52. The number of aldehydes is 1. The Labute approximate surface area is 60.3 Å². The van der Waals surface area contributed by atoms with Gasteiger partial charge in [-0.05, 0) is 6.92 Å². The highest BCUT2D eigenvalue weighted by atomic mass is 32.2. The van der Waals surface area contributed by atoms with Gasteiger partial charge < -0.3 is 4.79 Å². The fourth-order valence-electron chi connectivity index (χ4n) is 0.473. The minimum absolute atomic E-state index is 0.104. The molecule has 0 aromatic carbocycles. The van der Waals surface area contributed by atoms with Crippen LogP contribution in [0.1, 0.15) is 13.3 Å². The summed E-state index contributed by atoms with van der Waals surface area (Å²) in [5.41, 5.74) is 0. The van der Waals surface area contributed by atoms with Gasteiger partial charge in [0.05, 0.1) is 12.4 Å². The lowest BCUT2D eigenvalue weighted by Crippen LogP contribution is -2.13. The number of carbonyl (C=O) groups excluding carboxylic acids is 1. The maximum absolute atomic E-state index is 10.4. The highest BCUT2D eigenvalue weighted by molar-refractivity contribution is 7.86. The third-order valence-electron chi connectivity index (χ3n) is 0.767. The van der Waals surface area contributed by atoms with Crippen LogP contribution < -0.4 is 0 Å². The average molecular weight is 166 g/mol. The van der Waals surface area contributed by atoms with Gasteiger partial charge in [0.25, 0.3) is 10.1 Å². The summed E-state index contributed by atoms with van der Waals surface area (Å²) in [5, 5.41) is 0. The average Bonchev–Trinajstić information content (AvgIpc) is 1.59. The van der Waals surface area contributed by atoms with E-state index in [1.165, 1.54) is 6.92 Å². The van der Waals surface area contributed by atoms with E-state index in [2.05, 4.69) is 4.18 Å². The first-order valence-electron chi connectivity index (χ1n) is 2.77. The molecule has 0 N–H and O–H groups in total. The first-order chi connectivity index (χ1) is 4.45. The molecular weight excluding hydrogens is 156 g/mol. The van der Waals surface area contributed by atoms with Crippen LogP contribution in [0.15, 0.2) is 0 Å². The first-order valence-corrected chi connectivity index (χ1v) is 4.59. The van der Waals surface area contributed by atoms with Crippen LogP contribution in [0.4, 0.5) is 0 Å². The van der Waals surface area contributed by atoms with E-state index in [0.717, 1.165) is 6.26 Å². The molecule has 0 rings (SSSR count). The maximum Gasteiger partial charge on any atom is 0.264 e. The molecule has 0 aliphatic carbocycles. The van der Waals surface area contributed by atoms with Crippen LogP contribution >= 0.6 is 0 Å². The lowest BCUT2D eigenvalue weighted by molar-refractivity contribution is -0.108. The number of hydrogen-bond donors (Lipinski definition) is 0. The van der Waals surface area contributed by atoms with Crippen molar-refractivity contribution in [2.45, 2.75) is 19.4 Å². The third-order valence-corrected chi connectivity index (χ3v) is 1.45. The second-order valence-electron chi connectivity index (χ2n) is 2.01. The lowest BCUT2D eigenvalue weighted by atomic mass is 10.3. The molecule has 0 amide bonds. The second-order valence-corrected chi connectivity index (χ2v) is 3.61.